The second-order valence-electron chi connectivity index (χ2n) is 0. The Morgan fingerprint density at radius 3 is 0.600 bits per heavy atom. The Balaban J connectivity index is 0. The van der Waals surface area contributed by atoms with Crippen LogP contribution in [-0.4, -0.2) is 16.4 Å². The first kappa shape index (κ1) is 67.8. The van der Waals surface area contributed by atoms with Crippen LogP contribution in [0.1, 0.15) is 0 Å². The van der Waals surface area contributed by atoms with Crippen molar-refractivity contribution in [2.24, 2.45) is 0 Å². The average Bonchev–Trinajstić information content (AvgIpc) is 0. The maximum Gasteiger partial charge on any atom is 3.00 e. The maximum absolute atomic E-state index is 0. The maximum atomic E-state index is 0. The van der Waals surface area contributed by atoms with Crippen molar-refractivity contribution in [1.82, 2.24) is 0 Å². The molecule has 0 saturated heterocycles. The van der Waals surface area contributed by atoms with Gasteiger partial charge in [-0.3, -0.25) is 0 Å². The van der Waals surface area contributed by atoms with Crippen molar-refractivity contribution in [2.75, 3.05) is 0 Å². The van der Waals surface area contributed by atoms with E-state index in [4.69, 9.17) is 0 Å². The van der Waals surface area contributed by atoms with E-state index in [1.54, 1.807) is 0 Å². The molecule has 0 aliphatic carbocycles. The van der Waals surface area contributed by atoms with E-state index in [0.29, 0.717) is 0 Å². The molecule has 0 bridgehead atoms. The van der Waals surface area contributed by atoms with Gasteiger partial charge in [0, 0.05) is 26.2 Å². The molecule has 0 spiro atoms. The first-order valence-electron chi connectivity index (χ1n) is 0. The van der Waals surface area contributed by atoms with Gasteiger partial charge in [0.2, 0.25) is 0 Å². The Hall–Kier alpha value is 1.87. The summed E-state index contributed by atoms with van der Waals surface area (Å²) >= 11 is 0. The fourth-order valence-corrected chi connectivity index (χ4v) is 0. The van der Waals surface area contributed by atoms with Crippen LogP contribution in [0.25, 0.3) is 0 Å². The van der Waals surface area contributed by atoms with E-state index in [1.165, 1.54) is 0 Å². The summed E-state index contributed by atoms with van der Waals surface area (Å²) in [5.74, 6) is 0. The summed E-state index contributed by atoms with van der Waals surface area (Å²) in [4.78, 5) is 0. The third kappa shape index (κ3) is 25.2. The summed E-state index contributed by atoms with van der Waals surface area (Å²) in [5, 5.41) is 0. The largest absolute Gasteiger partial charge is 3.00 e. The molecular weight excluding hydrogens is 228 g/mol. The van der Waals surface area contributed by atoms with Crippen LogP contribution in [0.2, 0.25) is 0 Å². The first-order chi connectivity index (χ1) is 0. The average molecular weight is 231 g/mol. The van der Waals surface area contributed by atoms with Gasteiger partial charge in [0.05, 0.1) is 0 Å². The van der Waals surface area contributed by atoms with Gasteiger partial charge in [-0.15, -0.1) is 0 Å². The normalized spacial score (nSPS) is 0. The minimum absolute atomic E-state index is 0. The van der Waals surface area contributed by atoms with Crippen LogP contribution in [-0.2, 0) is 58.9 Å². The molecule has 0 heterocycles. The third-order valence-electron chi connectivity index (χ3n) is 0. The van der Waals surface area contributed by atoms with Crippen LogP contribution >= 0.6 is 0 Å². The van der Waals surface area contributed by atoms with Crippen molar-refractivity contribution < 1.29 is 75.3 Å². The van der Waals surface area contributed by atoms with E-state index >= 15 is 0 Å². The second kappa shape index (κ2) is 39.9. The Labute approximate surface area is 74.4 Å². The number of hydrogen-bond donors (Lipinski definition) is 0. The molecule has 0 aromatic heterocycles. The third-order valence-corrected chi connectivity index (χ3v) is 0. The Kier molecular flexibility index (Phi) is 541. The summed E-state index contributed by atoms with van der Waals surface area (Å²) in [5.41, 5.74) is 0. The van der Waals surface area contributed by atoms with E-state index < -0.39 is 0 Å². The molecule has 0 aliphatic heterocycles. The molecule has 0 unspecified atom stereocenters. The zero-order valence-electron chi connectivity index (χ0n) is 2.42. The molecule has 0 fully saturated rings. The fourth-order valence-electron chi connectivity index (χ4n) is 0. The SMILES string of the molecule is [OH-].[OH-].[OH-].[Y+3].[Zr]. The van der Waals surface area contributed by atoms with E-state index in [-0.39, 0.29) is 75.3 Å². The molecule has 0 aromatic carbocycles. The van der Waals surface area contributed by atoms with Gasteiger partial charge in [-0.1, -0.05) is 0 Å². The molecule has 5 heavy (non-hydrogen) atoms. The summed E-state index contributed by atoms with van der Waals surface area (Å²) in [6, 6.07) is 0. The predicted octanol–water partition coefficient (Wildman–Crippen LogP) is -0.535. The summed E-state index contributed by atoms with van der Waals surface area (Å²) in [6.07, 6.45) is 0. The van der Waals surface area contributed by atoms with Crippen molar-refractivity contribution in [3.05, 3.63) is 0 Å². The second-order valence-corrected chi connectivity index (χ2v) is 0. The number of hydrogen-bond acceptors (Lipinski definition) is 3. The van der Waals surface area contributed by atoms with E-state index in [1.807, 2.05) is 0 Å². The standard InChI is InChI=1S/3H2O.Y.Zr/h3*1H2;;/q;;;+3;/p-3. The van der Waals surface area contributed by atoms with Gasteiger partial charge >= 0.3 is 32.7 Å². The van der Waals surface area contributed by atoms with Crippen LogP contribution in [0, 0.1) is 0 Å². The minimum atomic E-state index is 0. The monoisotopic (exact) mass is 230 g/mol. The van der Waals surface area contributed by atoms with Crippen LogP contribution in [0.5, 0.6) is 0 Å². The van der Waals surface area contributed by atoms with Crippen LogP contribution < -0.4 is 0 Å². The minimum Gasteiger partial charge on any atom is -0.870 e. The topological polar surface area (TPSA) is 90.0 Å². The van der Waals surface area contributed by atoms with Gasteiger partial charge in [0.25, 0.3) is 0 Å². The van der Waals surface area contributed by atoms with Crippen LogP contribution in [0.15, 0.2) is 0 Å². The van der Waals surface area contributed by atoms with Gasteiger partial charge in [0.1, 0.15) is 0 Å². The summed E-state index contributed by atoms with van der Waals surface area (Å²) < 4.78 is 0. The molecule has 5 heteroatoms. The Bertz CT molecular complexity index is 6.85. The molecule has 0 atom stereocenters. The van der Waals surface area contributed by atoms with E-state index in [0.717, 1.165) is 0 Å². The molecule has 3 nitrogen and oxygen atoms in total. The molecule has 0 amide bonds. The van der Waals surface area contributed by atoms with Gasteiger partial charge in [0.15, 0.2) is 0 Å². The molecule has 28 valence electrons. The van der Waals surface area contributed by atoms with E-state index in [2.05, 4.69) is 0 Å². The molecule has 0 aromatic rings. The van der Waals surface area contributed by atoms with Gasteiger partial charge in [-0.25, -0.2) is 0 Å². The quantitative estimate of drug-likeness (QED) is 0.560. The van der Waals surface area contributed by atoms with Crippen molar-refractivity contribution in [3.63, 3.8) is 0 Å². The van der Waals surface area contributed by atoms with Crippen molar-refractivity contribution >= 4 is 0 Å². The fraction of sp³-hybridized carbons (Fsp3) is 0. The van der Waals surface area contributed by atoms with Gasteiger partial charge in [-0.2, -0.15) is 0 Å². The zero-order chi connectivity index (χ0) is 0. The summed E-state index contributed by atoms with van der Waals surface area (Å²) in [6.45, 7) is 0. The van der Waals surface area contributed by atoms with Crippen molar-refractivity contribution in [3.8, 4) is 0 Å². The Morgan fingerprint density at radius 2 is 0.600 bits per heavy atom. The molecule has 0 aliphatic rings. The van der Waals surface area contributed by atoms with Crippen molar-refractivity contribution in [1.29, 1.82) is 0 Å². The molecule has 3 N–H and O–H groups in total. The Morgan fingerprint density at radius 1 is 0.600 bits per heavy atom. The molecule has 0 rings (SSSR count). The van der Waals surface area contributed by atoms with Crippen LogP contribution in [0.4, 0.5) is 0 Å². The van der Waals surface area contributed by atoms with Gasteiger partial charge < -0.3 is 16.4 Å². The smallest absolute Gasteiger partial charge is 0.870 e. The molecule has 0 radical (unpaired) electrons. The van der Waals surface area contributed by atoms with Gasteiger partial charge in [-0.05, 0) is 0 Å². The van der Waals surface area contributed by atoms with Crippen LogP contribution in [0.3, 0.4) is 0 Å². The predicted molar refractivity (Wildman–Crippen MR) is 5.81 cm³/mol. The number of rotatable bonds is 0. The summed E-state index contributed by atoms with van der Waals surface area (Å²) in [7, 11) is 0. The first-order valence-corrected chi connectivity index (χ1v) is 0. The zero-order valence-corrected chi connectivity index (χ0v) is 7.72. The molecule has 0 saturated carbocycles. The van der Waals surface area contributed by atoms with E-state index in [9.17, 15) is 0 Å². The van der Waals surface area contributed by atoms with Crippen molar-refractivity contribution in [2.45, 2.75) is 0 Å². The molecular formula is H3O3YZr.